The quantitative estimate of drug-likeness (QED) is 0.876. The minimum atomic E-state index is -0.536. The Labute approximate surface area is 102 Å². The Hall–Kier alpha value is -1.06. The molecule has 3 atom stereocenters. The molecule has 3 heteroatoms. The van der Waals surface area contributed by atoms with Gasteiger partial charge in [-0.05, 0) is 49.9 Å². The number of rotatable bonds is 3. The van der Waals surface area contributed by atoms with Crippen molar-refractivity contribution >= 4 is 0 Å². The SMILES string of the molecule is COc1ccc(C(O)C2CCC(C)O2)c(C)c1. The Balaban J connectivity index is 2.16. The number of benzene rings is 1. The van der Waals surface area contributed by atoms with Gasteiger partial charge in [-0.15, -0.1) is 0 Å². The van der Waals surface area contributed by atoms with Gasteiger partial charge in [-0.25, -0.2) is 0 Å². The van der Waals surface area contributed by atoms with Crippen LogP contribution in [0.1, 0.15) is 37.0 Å². The Kier molecular flexibility index (Phi) is 3.69. The van der Waals surface area contributed by atoms with Crippen molar-refractivity contribution in [1.82, 2.24) is 0 Å². The molecule has 1 heterocycles. The second-order valence-electron chi connectivity index (χ2n) is 4.73. The Morgan fingerprint density at radius 1 is 1.41 bits per heavy atom. The van der Waals surface area contributed by atoms with Crippen LogP contribution >= 0.6 is 0 Å². The second-order valence-corrected chi connectivity index (χ2v) is 4.73. The van der Waals surface area contributed by atoms with Crippen molar-refractivity contribution in [3.05, 3.63) is 29.3 Å². The lowest BCUT2D eigenvalue weighted by Crippen LogP contribution is -2.19. The fourth-order valence-electron chi connectivity index (χ4n) is 2.37. The highest BCUT2D eigenvalue weighted by molar-refractivity contribution is 5.36. The van der Waals surface area contributed by atoms with Crippen LogP contribution in [0.5, 0.6) is 5.75 Å². The van der Waals surface area contributed by atoms with Gasteiger partial charge in [-0.1, -0.05) is 6.07 Å². The lowest BCUT2D eigenvalue weighted by Gasteiger charge is -2.20. The van der Waals surface area contributed by atoms with Crippen molar-refractivity contribution in [3.8, 4) is 5.75 Å². The van der Waals surface area contributed by atoms with Gasteiger partial charge in [0, 0.05) is 0 Å². The molecule has 94 valence electrons. The third kappa shape index (κ3) is 2.61. The van der Waals surface area contributed by atoms with Crippen LogP contribution in [0.25, 0.3) is 0 Å². The summed E-state index contributed by atoms with van der Waals surface area (Å²) in [5.41, 5.74) is 1.98. The van der Waals surface area contributed by atoms with E-state index in [1.807, 2.05) is 32.0 Å². The lowest BCUT2D eigenvalue weighted by molar-refractivity contribution is -0.0300. The van der Waals surface area contributed by atoms with E-state index in [0.717, 1.165) is 29.7 Å². The molecule has 0 aliphatic carbocycles. The molecule has 0 amide bonds. The number of aliphatic hydroxyl groups is 1. The molecule has 0 spiro atoms. The number of hydrogen-bond acceptors (Lipinski definition) is 3. The summed E-state index contributed by atoms with van der Waals surface area (Å²) >= 11 is 0. The molecule has 0 aromatic heterocycles. The van der Waals surface area contributed by atoms with Crippen molar-refractivity contribution in [2.45, 2.75) is 45.0 Å². The molecule has 17 heavy (non-hydrogen) atoms. The van der Waals surface area contributed by atoms with E-state index >= 15 is 0 Å². The van der Waals surface area contributed by atoms with Gasteiger partial charge in [0.2, 0.25) is 0 Å². The first-order valence-electron chi connectivity index (χ1n) is 6.10. The van der Waals surface area contributed by atoms with Crippen LogP contribution in [0.4, 0.5) is 0 Å². The van der Waals surface area contributed by atoms with Gasteiger partial charge in [0.25, 0.3) is 0 Å². The van der Waals surface area contributed by atoms with Crippen molar-refractivity contribution < 1.29 is 14.6 Å². The number of ether oxygens (including phenoxy) is 2. The number of aliphatic hydroxyl groups excluding tert-OH is 1. The molecular formula is C14H20O3. The molecule has 2 rings (SSSR count). The molecule has 1 fully saturated rings. The maximum atomic E-state index is 10.3. The van der Waals surface area contributed by atoms with Gasteiger partial charge in [-0.2, -0.15) is 0 Å². The van der Waals surface area contributed by atoms with E-state index in [0.29, 0.717) is 0 Å². The molecule has 3 unspecified atom stereocenters. The summed E-state index contributed by atoms with van der Waals surface area (Å²) in [5.74, 6) is 0.819. The topological polar surface area (TPSA) is 38.7 Å². The van der Waals surface area contributed by atoms with E-state index in [1.165, 1.54) is 0 Å². The zero-order chi connectivity index (χ0) is 12.4. The molecule has 3 nitrogen and oxygen atoms in total. The van der Waals surface area contributed by atoms with Crippen molar-refractivity contribution in [1.29, 1.82) is 0 Å². The minimum absolute atomic E-state index is 0.0721. The van der Waals surface area contributed by atoms with Crippen LogP contribution in [0.15, 0.2) is 18.2 Å². The van der Waals surface area contributed by atoms with E-state index < -0.39 is 6.10 Å². The number of aryl methyl sites for hydroxylation is 1. The maximum Gasteiger partial charge on any atom is 0.119 e. The van der Waals surface area contributed by atoms with Crippen LogP contribution in [0.2, 0.25) is 0 Å². The third-order valence-corrected chi connectivity index (χ3v) is 3.41. The highest BCUT2D eigenvalue weighted by atomic mass is 16.5. The maximum absolute atomic E-state index is 10.3. The predicted octanol–water partition coefficient (Wildman–Crippen LogP) is 2.60. The molecule has 1 N–H and O–H groups in total. The molecule has 1 aliphatic heterocycles. The number of methoxy groups -OCH3 is 1. The average Bonchev–Trinajstić information content (AvgIpc) is 2.75. The molecule has 0 bridgehead atoms. The highest BCUT2D eigenvalue weighted by Crippen LogP contribution is 2.32. The first-order valence-corrected chi connectivity index (χ1v) is 6.10. The molecule has 1 aliphatic rings. The van der Waals surface area contributed by atoms with Crippen LogP contribution in [0, 0.1) is 6.92 Å². The smallest absolute Gasteiger partial charge is 0.119 e. The summed E-state index contributed by atoms with van der Waals surface area (Å²) in [4.78, 5) is 0. The van der Waals surface area contributed by atoms with E-state index in [1.54, 1.807) is 7.11 Å². The van der Waals surface area contributed by atoms with Crippen molar-refractivity contribution in [2.24, 2.45) is 0 Å². The number of hydrogen-bond donors (Lipinski definition) is 1. The first kappa shape index (κ1) is 12.4. The van der Waals surface area contributed by atoms with Gasteiger partial charge < -0.3 is 14.6 Å². The van der Waals surface area contributed by atoms with E-state index in [4.69, 9.17) is 9.47 Å². The van der Waals surface area contributed by atoms with Crippen LogP contribution in [-0.2, 0) is 4.74 Å². The Morgan fingerprint density at radius 3 is 2.71 bits per heavy atom. The van der Waals surface area contributed by atoms with Crippen LogP contribution < -0.4 is 4.74 Å². The molecule has 0 radical (unpaired) electrons. The second kappa shape index (κ2) is 5.07. The largest absolute Gasteiger partial charge is 0.497 e. The van der Waals surface area contributed by atoms with Crippen molar-refractivity contribution in [2.75, 3.05) is 7.11 Å². The third-order valence-electron chi connectivity index (χ3n) is 3.41. The summed E-state index contributed by atoms with van der Waals surface area (Å²) in [5, 5.41) is 10.3. The summed E-state index contributed by atoms with van der Waals surface area (Å²) in [6, 6.07) is 5.74. The minimum Gasteiger partial charge on any atom is -0.497 e. The summed E-state index contributed by atoms with van der Waals surface area (Å²) in [6.45, 7) is 4.03. The molecule has 0 saturated carbocycles. The zero-order valence-corrected chi connectivity index (χ0v) is 10.6. The van der Waals surface area contributed by atoms with E-state index in [2.05, 4.69) is 0 Å². The van der Waals surface area contributed by atoms with Crippen molar-refractivity contribution in [3.63, 3.8) is 0 Å². The van der Waals surface area contributed by atoms with Gasteiger partial charge in [0.15, 0.2) is 0 Å². The lowest BCUT2D eigenvalue weighted by atomic mass is 9.97. The normalized spacial score (nSPS) is 25.9. The first-order chi connectivity index (χ1) is 8.11. The van der Waals surface area contributed by atoms with E-state index in [-0.39, 0.29) is 12.2 Å². The molecule has 1 saturated heterocycles. The van der Waals surface area contributed by atoms with E-state index in [9.17, 15) is 5.11 Å². The standard InChI is InChI=1S/C14H20O3/c1-9-8-11(16-3)5-6-12(9)14(15)13-7-4-10(2)17-13/h5-6,8,10,13-15H,4,7H2,1-3H3. The summed E-state index contributed by atoms with van der Waals surface area (Å²) < 4.78 is 10.9. The fraction of sp³-hybridized carbons (Fsp3) is 0.571. The van der Waals surface area contributed by atoms with Gasteiger partial charge in [0.05, 0.1) is 19.3 Å². The summed E-state index contributed by atoms with van der Waals surface area (Å²) in [6.07, 6.45) is 1.60. The molecule has 1 aromatic rings. The Bertz CT molecular complexity index is 389. The molecule has 1 aromatic carbocycles. The van der Waals surface area contributed by atoms with Gasteiger partial charge in [-0.3, -0.25) is 0 Å². The highest BCUT2D eigenvalue weighted by Gasteiger charge is 2.30. The predicted molar refractivity (Wildman–Crippen MR) is 66.3 cm³/mol. The average molecular weight is 236 g/mol. The fourth-order valence-corrected chi connectivity index (χ4v) is 2.37. The van der Waals surface area contributed by atoms with Crippen LogP contribution in [-0.4, -0.2) is 24.4 Å². The van der Waals surface area contributed by atoms with Gasteiger partial charge in [0.1, 0.15) is 11.9 Å². The summed E-state index contributed by atoms with van der Waals surface area (Å²) in [7, 11) is 1.65. The Morgan fingerprint density at radius 2 is 2.18 bits per heavy atom. The van der Waals surface area contributed by atoms with Gasteiger partial charge >= 0.3 is 0 Å². The zero-order valence-electron chi connectivity index (χ0n) is 10.6. The molecular weight excluding hydrogens is 216 g/mol. The monoisotopic (exact) mass is 236 g/mol. The van der Waals surface area contributed by atoms with Crippen LogP contribution in [0.3, 0.4) is 0 Å².